The molecule has 0 spiro atoms. The van der Waals surface area contributed by atoms with E-state index in [2.05, 4.69) is 25.0 Å². The van der Waals surface area contributed by atoms with E-state index in [0.29, 0.717) is 18.9 Å². The highest BCUT2D eigenvalue weighted by molar-refractivity contribution is 7.82. The molecule has 8 nitrogen and oxygen atoms in total. The third kappa shape index (κ3) is 3.18. The van der Waals surface area contributed by atoms with Gasteiger partial charge in [0.25, 0.3) is 0 Å². The van der Waals surface area contributed by atoms with E-state index >= 15 is 0 Å². The molecule has 134 valence electrons. The largest absolute Gasteiger partial charge is 0.383 e. The lowest BCUT2D eigenvalue weighted by Crippen LogP contribution is -2.18. The summed E-state index contributed by atoms with van der Waals surface area (Å²) in [5.41, 5.74) is 9.74. The van der Waals surface area contributed by atoms with E-state index in [9.17, 15) is 4.21 Å². The van der Waals surface area contributed by atoms with Crippen LogP contribution >= 0.6 is 0 Å². The van der Waals surface area contributed by atoms with Gasteiger partial charge in [-0.25, -0.2) is 13.9 Å². The minimum Gasteiger partial charge on any atom is -0.383 e. The first-order chi connectivity index (χ1) is 12.6. The van der Waals surface area contributed by atoms with Gasteiger partial charge in [0.1, 0.15) is 11.3 Å². The van der Waals surface area contributed by atoms with E-state index in [-0.39, 0.29) is 0 Å². The second-order valence-electron chi connectivity index (χ2n) is 6.06. The molecule has 3 heterocycles. The molecule has 0 saturated carbocycles. The molecule has 0 aliphatic heterocycles. The van der Waals surface area contributed by atoms with Crippen molar-refractivity contribution in [3.63, 3.8) is 0 Å². The van der Waals surface area contributed by atoms with Crippen molar-refractivity contribution in [3.05, 3.63) is 36.7 Å². The number of aromatic amines is 1. The van der Waals surface area contributed by atoms with Crippen LogP contribution in [-0.2, 0) is 17.5 Å². The molecule has 4 aromatic rings. The molecule has 0 aliphatic rings. The van der Waals surface area contributed by atoms with Crippen LogP contribution in [0.1, 0.15) is 6.42 Å². The summed E-state index contributed by atoms with van der Waals surface area (Å²) in [5.74, 6) is 0.466. The summed E-state index contributed by atoms with van der Waals surface area (Å²) in [6, 6.07) is 7.93. The first-order valence-corrected chi connectivity index (χ1v) is 9.81. The summed E-state index contributed by atoms with van der Waals surface area (Å²) in [6.07, 6.45) is 6.08. The van der Waals surface area contributed by atoms with E-state index in [4.69, 9.17) is 5.73 Å². The highest BCUT2D eigenvalue weighted by atomic mass is 32.2. The average molecular weight is 369 g/mol. The molecule has 1 atom stereocenters. The lowest BCUT2D eigenvalue weighted by atomic mass is 10.1. The molecule has 1 unspecified atom stereocenters. The lowest BCUT2D eigenvalue weighted by Gasteiger charge is -2.03. The highest BCUT2D eigenvalue weighted by Gasteiger charge is 2.12. The van der Waals surface area contributed by atoms with Gasteiger partial charge in [-0.2, -0.15) is 10.2 Å². The van der Waals surface area contributed by atoms with Crippen molar-refractivity contribution in [2.45, 2.75) is 13.0 Å². The van der Waals surface area contributed by atoms with Crippen molar-refractivity contribution < 1.29 is 4.21 Å². The van der Waals surface area contributed by atoms with Gasteiger partial charge in [0.05, 0.1) is 27.6 Å². The second-order valence-corrected chi connectivity index (χ2v) is 7.25. The van der Waals surface area contributed by atoms with Gasteiger partial charge in [0, 0.05) is 42.7 Å². The fraction of sp³-hybridized carbons (Fsp3) is 0.235. The topological polar surface area (TPSA) is 115 Å². The van der Waals surface area contributed by atoms with Crippen molar-refractivity contribution in [2.24, 2.45) is 0 Å². The van der Waals surface area contributed by atoms with Crippen LogP contribution < -0.4 is 10.5 Å². The number of hydrogen-bond donors (Lipinski definition) is 3. The summed E-state index contributed by atoms with van der Waals surface area (Å²) in [7, 11) is -0.992. The van der Waals surface area contributed by atoms with Crippen molar-refractivity contribution in [3.8, 4) is 11.3 Å². The Balaban J connectivity index is 1.69. The Morgan fingerprint density at radius 3 is 2.96 bits per heavy atom. The summed E-state index contributed by atoms with van der Waals surface area (Å²) in [6.45, 7) is 1.38. The SMILES string of the molecule is CS(=O)NCCCn1cc2c(N)nc3cc(-c4ccn[nH]4)ccc3c2n1. The Morgan fingerprint density at radius 1 is 1.31 bits per heavy atom. The molecule has 0 aliphatic carbocycles. The Morgan fingerprint density at radius 2 is 2.19 bits per heavy atom. The molecule has 4 rings (SSSR count). The van der Waals surface area contributed by atoms with E-state index in [1.165, 1.54) is 0 Å². The molecule has 0 saturated heterocycles. The smallest absolute Gasteiger partial charge is 0.135 e. The van der Waals surface area contributed by atoms with Crippen LogP contribution in [0.3, 0.4) is 0 Å². The fourth-order valence-corrected chi connectivity index (χ4v) is 3.41. The molecule has 0 bridgehead atoms. The van der Waals surface area contributed by atoms with Crippen molar-refractivity contribution >= 4 is 38.6 Å². The molecular formula is C17H19N7OS. The third-order valence-corrected chi connectivity index (χ3v) is 4.82. The maximum atomic E-state index is 11.0. The van der Waals surface area contributed by atoms with Crippen LogP contribution in [0.25, 0.3) is 33.1 Å². The maximum Gasteiger partial charge on any atom is 0.135 e. The summed E-state index contributed by atoms with van der Waals surface area (Å²) < 4.78 is 15.8. The first-order valence-electron chi connectivity index (χ1n) is 8.25. The van der Waals surface area contributed by atoms with Crippen LogP contribution in [0, 0.1) is 0 Å². The van der Waals surface area contributed by atoms with Gasteiger partial charge in [-0.1, -0.05) is 6.07 Å². The summed E-state index contributed by atoms with van der Waals surface area (Å²) in [4.78, 5) is 4.54. The van der Waals surface area contributed by atoms with Crippen LogP contribution in [0.5, 0.6) is 0 Å². The van der Waals surface area contributed by atoms with Crippen LogP contribution in [0.15, 0.2) is 36.7 Å². The van der Waals surface area contributed by atoms with Gasteiger partial charge < -0.3 is 5.73 Å². The lowest BCUT2D eigenvalue weighted by molar-refractivity contribution is 0.578. The van der Waals surface area contributed by atoms with Gasteiger partial charge in [0.15, 0.2) is 0 Å². The van der Waals surface area contributed by atoms with Crippen LogP contribution in [0.2, 0.25) is 0 Å². The van der Waals surface area contributed by atoms with Gasteiger partial charge in [0.2, 0.25) is 0 Å². The molecule has 1 aromatic carbocycles. The first kappa shape index (κ1) is 16.7. The molecule has 9 heteroatoms. The fourth-order valence-electron chi connectivity index (χ4n) is 2.98. The number of aromatic nitrogens is 5. The number of rotatable bonds is 6. The number of benzene rings is 1. The standard InChI is InChI=1S/C17H19N7OS/c1-26(25)20-6-2-8-24-10-13-16(23-24)12-4-3-11(14-5-7-19-22-14)9-15(12)21-17(13)18/h3-5,7,9-10,20H,2,6,8H2,1H3,(H2,18,21)(H,19,22). The number of nitrogens with zero attached hydrogens (tertiary/aromatic N) is 4. The molecule has 0 radical (unpaired) electrons. The Bertz CT molecular complexity index is 1090. The quantitative estimate of drug-likeness (QED) is 0.449. The zero-order valence-corrected chi connectivity index (χ0v) is 15.1. The number of H-pyrrole nitrogens is 1. The minimum atomic E-state index is -0.992. The van der Waals surface area contributed by atoms with Gasteiger partial charge in [-0.15, -0.1) is 0 Å². The molecule has 3 aromatic heterocycles. The van der Waals surface area contributed by atoms with Crippen molar-refractivity contribution in [1.82, 2.24) is 29.7 Å². The monoisotopic (exact) mass is 369 g/mol. The van der Waals surface area contributed by atoms with Gasteiger partial charge in [-0.05, 0) is 24.6 Å². The number of anilines is 1. The number of aryl methyl sites for hydroxylation is 1. The number of nitrogen functional groups attached to an aromatic ring is 1. The summed E-state index contributed by atoms with van der Waals surface area (Å²) in [5, 5.41) is 13.4. The number of fused-ring (bicyclic) bond motifs is 3. The predicted molar refractivity (Wildman–Crippen MR) is 104 cm³/mol. The van der Waals surface area contributed by atoms with E-state index in [1.54, 1.807) is 12.5 Å². The maximum absolute atomic E-state index is 11.0. The Labute approximate surface area is 152 Å². The number of pyridine rings is 1. The zero-order chi connectivity index (χ0) is 18.1. The number of hydrogen-bond acceptors (Lipinski definition) is 5. The Kier molecular flexibility index (Phi) is 4.39. The molecule has 0 amide bonds. The van der Waals surface area contributed by atoms with Crippen LogP contribution in [0.4, 0.5) is 5.82 Å². The zero-order valence-electron chi connectivity index (χ0n) is 14.3. The van der Waals surface area contributed by atoms with Crippen LogP contribution in [-0.4, -0.2) is 42.0 Å². The normalized spacial score (nSPS) is 12.8. The number of nitrogens with two attached hydrogens (primary N) is 1. The molecular weight excluding hydrogens is 350 g/mol. The van der Waals surface area contributed by atoms with Crippen molar-refractivity contribution in [2.75, 3.05) is 18.5 Å². The third-order valence-electron chi connectivity index (χ3n) is 4.21. The van der Waals surface area contributed by atoms with Gasteiger partial charge >= 0.3 is 0 Å². The van der Waals surface area contributed by atoms with E-state index in [1.807, 2.05) is 35.1 Å². The molecule has 0 fully saturated rings. The predicted octanol–water partition coefficient (Wildman–Crippen LogP) is 1.83. The molecule has 26 heavy (non-hydrogen) atoms. The summed E-state index contributed by atoms with van der Waals surface area (Å²) >= 11 is 0. The second kappa shape index (κ2) is 6.85. The number of nitrogens with one attached hydrogen (secondary N) is 2. The van der Waals surface area contributed by atoms with E-state index in [0.717, 1.165) is 39.5 Å². The van der Waals surface area contributed by atoms with E-state index < -0.39 is 11.0 Å². The average Bonchev–Trinajstić information content (AvgIpc) is 3.28. The minimum absolute atomic E-state index is 0.466. The van der Waals surface area contributed by atoms with Gasteiger partial charge in [-0.3, -0.25) is 9.78 Å². The highest BCUT2D eigenvalue weighted by Crippen LogP contribution is 2.29. The van der Waals surface area contributed by atoms with Crippen molar-refractivity contribution in [1.29, 1.82) is 0 Å². The molecule has 4 N–H and O–H groups in total. The Hall–Kier alpha value is -2.78.